The fourth-order valence-corrected chi connectivity index (χ4v) is 1.98. The van der Waals surface area contributed by atoms with Gasteiger partial charge < -0.3 is 14.6 Å². The molecule has 1 aromatic rings. The monoisotopic (exact) mass is 224 g/mol. The van der Waals surface area contributed by atoms with Crippen LogP contribution in [0.5, 0.6) is 0 Å². The average Bonchev–Trinajstić information content (AvgIpc) is 2.65. The Morgan fingerprint density at radius 2 is 2.06 bits per heavy atom. The SMILES string of the molecule is CC(CCc1ccco1)NC(C)CN(C)C. The van der Waals surface area contributed by atoms with Gasteiger partial charge in [-0.3, -0.25) is 0 Å². The van der Waals surface area contributed by atoms with Crippen LogP contribution >= 0.6 is 0 Å². The first-order chi connectivity index (χ1) is 7.58. The van der Waals surface area contributed by atoms with Gasteiger partial charge in [-0.2, -0.15) is 0 Å². The molecule has 1 N–H and O–H groups in total. The van der Waals surface area contributed by atoms with Gasteiger partial charge in [0.15, 0.2) is 0 Å². The summed E-state index contributed by atoms with van der Waals surface area (Å²) in [4.78, 5) is 2.21. The molecule has 0 saturated carbocycles. The summed E-state index contributed by atoms with van der Waals surface area (Å²) in [5, 5.41) is 3.59. The molecule has 0 aliphatic heterocycles. The second-order valence-corrected chi connectivity index (χ2v) is 4.85. The number of hydrogen-bond donors (Lipinski definition) is 1. The zero-order valence-corrected chi connectivity index (χ0v) is 10.9. The van der Waals surface area contributed by atoms with Gasteiger partial charge in [0, 0.05) is 25.0 Å². The lowest BCUT2D eigenvalue weighted by Crippen LogP contribution is -2.40. The van der Waals surface area contributed by atoms with E-state index in [1.165, 1.54) is 0 Å². The molecular weight excluding hydrogens is 200 g/mol. The van der Waals surface area contributed by atoms with Crippen molar-refractivity contribution in [3.05, 3.63) is 24.2 Å². The van der Waals surface area contributed by atoms with E-state index in [0.717, 1.165) is 25.1 Å². The Bertz CT molecular complexity index is 269. The van der Waals surface area contributed by atoms with Crippen molar-refractivity contribution in [1.29, 1.82) is 0 Å². The summed E-state index contributed by atoms with van der Waals surface area (Å²) in [5.74, 6) is 1.08. The highest BCUT2D eigenvalue weighted by Gasteiger charge is 2.08. The standard InChI is InChI=1S/C13H24N2O/c1-11(14-12(2)10-15(3)4)7-8-13-6-5-9-16-13/h5-6,9,11-12,14H,7-8,10H2,1-4H3. The quantitative estimate of drug-likeness (QED) is 0.769. The molecule has 0 fully saturated rings. The zero-order chi connectivity index (χ0) is 12.0. The summed E-state index contributed by atoms with van der Waals surface area (Å²) in [5.41, 5.74) is 0. The Labute approximate surface area is 98.8 Å². The van der Waals surface area contributed by atoms with E-state index in [9.17, 15) is 0 Å². The van der Waals surface area contributed by atoms with Crippen molar-refractivity contribution >= 4 is 0 Å². The molecule has 3 nitrogen and oxygen atoms in total. The van der Waals surface area contributed by atoms with Crippen LogP contribution in [-0.2, 0) is 6.42 Å². The van der Waals surface area contributed by atoms with Crippen LogP contribution in [0, 0.1) is 0 Å². The lowest BCUT2D eigenvalue weighted by molar-refractivity contribution is 0.326. The van der Waals surface area contributed by atoms with E-state index in [-0.39, 0.29) is 0 Å². The normalized spacial score (nSPS) is 15.3. The second kappa shape index (κ2) is 6.71. The van der Waals surface area contributed by atoms with Gasteiger partial charge >= 0.3 is 0 Å². The molecule has 0 bridgehead atoms. The molecule has 92 valence electrons. The summed E-state index contributed by atoms with van der Waals surface area (Å²) in [6.45, 7) is 5.53. The molecule has 0 spiro atoms. The maximum absolute atomic E-state index is 5.32. The van der Waals surface area contributed by atoms with Gasteiger partial charge in [0.1, 0.15) is 5.76 Å². The molecule has 0 saturated heterocycles. The topological polar surface area (TPSA) is 28.4 Å². The van der Waals surface area contributed by atoms with Crippen LogP contribution in [0.25, 0.3) is 0 Å². The maximum atomic E-state index is 5.32. The van der Waals surface area contributed by atoms with Crippen LogP contribution in [0.4, 0.5) is 0 Å². The van der Waals surface area contributed by atoms with Gasteiger partial charge in [-0.05, 0) is 46.5 Å². The molecule has 0 radical (unpaired) electrons. The van der Waals surface area contributed by atoms with Gasteiger partial charge in [-0.25, -0.2) is 0 Å². The minimum atomic E-state index is 0.528. The third kappa shape index (κ3) is 5.33. The predicted octanol–water partition coefficient (Wildman–Crippen LogP) is 2.14. The lowest BCUT2D eigenvalue weighted by Gasteiger charge is -2.22. The van der Waals surface area contributed by atoms with Crippen LogP contribution in [-0.4, -0.2) is 37.6 Å². The highest BCUT2D eigenvalue weighted by Crippen LogP contribution is 2.06. The highest BCUT2D eigenvalue weighted by molar-refractivity contribution is 4.98. The van der Waals surface area contributed by atoms with E-state index in [0.29, 0.717) is 12.1 Å². The van der Waals surface area contributed by atoms with Crippen molar-refractivity contribution in [2.24, 2.45) is 0 Å². The average molecular weight is 224 g/mol. The van der Waals surface area contributed by atoms with Crippen molar-refractivity contribution in [2.75, 3.05) is 20.6 Å². The van der Waals surface area contributed by atoms with E-state index in [2.05, 4.69) is 38.2 Å². The van der Waals surface area contributed by atoms with Gasteiger partial charge in [-0.15, -0.1) is 0 Å². The summed E-state index contributed by atoms with van der Waals surface area (Å²) < 4.78 is 5.32. The smallest absolute Gasteiger partial charge is 0.103 e. The Kier molecular flexibility index (Phi) is 5.56. The number of rotatable bonds is 7. The third-order valence-corrected chi connectivity index (χ3v) is 2.61. The Balaban J connectivity index is 2.17. The molecule has 0 aromatic carbocycles. The molecule has 1 aromatic heterocycles. The summed E-state index contributed by atoms with van der Waals surface area (Å²) in [6, 6.07) is 5.04. The first kappa shape index (κ1) is 13.3. The van der Waals surface area contributed by atoms with Crippen LogP contribution in [0.3, 0.4) is 0 Å². The van der Waals surface area contributed by atoms with Gasteiger partial charge in [0.25, 0.3) is 0 Å². The van der Waals surface area contributed by atoms with E-state index in [1.807, 2.05) is 12.1 Å². The Morgan fingerprint density at radius 1 is 1.31 bits per heavy atom. The molecule has 0 aliphatic rings. The first-order valence-corrected chi connectivity index (χ1v) is 6.01. The lowest BCUT2D eigenvalue weighted by atomic mass is 10.1. The largest absolute Gasteiger partial charge is 0.469 e. The van der Waals surface area contributed by atoms with Crippen LogP contribution < -0.4 is 5.32 Å². The fraction of sp³-hybridized carbons (Fsp3) is 0.692. The molecule has 2 atom stereocenters. The summed E-state index contributed by atoms with van der Waals surface area (Å²) in [7, 11) is 4.21. The Morgan fingerprint density at radius 3 is 2.62 bits per heavy atom. The minimum absolute atomic E-state index is 0.528. The summed E-state index contributed by atoms with van der Waals surface area (Å²) in [6.07, 6.45) is 3.86. The fourth-order valence-electron chi connectivity index (χ4n) is 1.98. The molecule has 16 heavy (non-hydrogen) atoms. The number of aryl methyl sites for hydroxylation is 1. The van der Waals surface area contributed by atoms with Gasteiger partial charge in [0.05, 0.1) is 6.26 Å². The first-order valence-electron chi connectivity index (χ1n) is 6.01. The van der Waals surface area contributed by atoms with Crippen molar-refractivity contribution in [2.45, 2.75) is 38.8 Å². The van der Waals surface area contributed by atoms with Crippen molar-refractivity contribution in [1.82, 2.24) is 10.2 Å². The molecule has 0 aliphatic carbocycles. The second-order valence-electron chi connectivity index (χ2n) is 4.85. The molecule has 0 amide bonds. The maximum Gasteiger partial charge on any atom is 0.103 e. The van der Waals surface area contributed by atoms with Crippen molar-refractivity contribution in [3.8, 4) is 0 Å². The number of nitrogens with zero attached hydrogens (tertiary/aromatic N) is 1. The molecule has 1 heterocycles. The van der Waals surface area contributed by atoms with E-state index in [1.54, 1.807) is 6.26 Å². The van der Waals surface area contributed by atoms with Crippen molar-refractivity contribution in [3.63, 3.8) is 0 Å². The van der Waals surface area contributed by atoms with E-state index in [4.69, 9.17) is 4.42 Å². The number of likely N-dealkylation sites (N-methyl/N-ethyl adjacent to an activating group) is 1. The van der Waals surface area contributed by atoms with Crippen LogP contribution in [0.2, 0.25) is 0 Å². The molecule has 2 unspecified atom stereocenters. The number of furan rings is 1. The van der Waals surface area contributed by atoms with Crippen LogP contribution in [0.1, 0.15) is 26.0 Å². The summed E-state index contributed by atoms with van der Waals surface area (Å²) >= 11 is 0. The van der Waals surface area contributed by atoms with Crippen molar-refractivity contribution < 1.29 is 4.42 Å². The predicted molar refractivity (Wildman–Crippen MR) is 67.6 cm³/mol. The van der Waals surface area contributed by atoms with Crippen LogP contribution in [0.15, 0.2) is 22.8 Å². The van der Waals surface area contributed by atoms with E-state index < -0.39 is 0 Å². The highest BCUT2D eigenvalue weighted by atomic mass is 16.3. The molecule has 1 rings (SSSR count). The number of nitrogens with one attached hydrogen (secondary N) is 1. The van der Waals surface area contributed by atoms with Gasteiger partial charge in [-0.1, -0.05) is 0 Å². The van der Waals surface area contributed by atoms with Gasteiger partial charge in [0.2, 0.25) is 0 Å². The molecular formula is C13H24N2O. The Hall–Kier alpha value is -0.800. The third-order valence-electron chi connectivity index (χ3n) is 2.61. The molecule has 3 heteroatoms. The minimum Gasteiger partial charge on any atom is -0.469 e. The zero-order valence-electron chi connectivity index (χ0n) is 10.9. The number of hydrogen-bond acceptors (Lipinski definition) is 3. The van der Waals surface area contributed by atoms with E-state index >= 15 is 0 Å².